The van der Waals surface area contributed by atoms with E-state index in [0.29, 0.717) is 24.2 Å². The van der Waals surface area contributed by atoms with E-state index in [2.05, 4.69) is 65.6 Å². The normalized spacial score (nSPS) is 18.3. The molecule has 0 radical (unpaired) electrons. The monoisotopic (exact) mass is 283 g/mol. The van der Waals surface area contributed by atoms with Gasteiger partial charge in [-0.15, -0.1) is 0 Å². The summed E-state index contributed by atoms with van der Waals surface area (Å²) < 4.78 is 0. The van der Waals surface area contributed by atoms with Crippen molar-refractivity contribution in [3.63, 3.8) is 0 Å². The maximum Gasteiger partial charge on any atom is 0.194 e. The van der Waals surface area contributed by atoms with Gasteiger partial charge in [0.2, 0.25) is 0 Å². The Morgan fingerprint density at radius 2 is 1.35 bits per heavy atom. The van der Waals surface area contributed by atoms with Crippen molar-refractivity contribution in [3.8, 4) is 0 Å². The minimum Gasteiger partial charge on any atom is -0.354 e. The van der Waals surface area contributed by atoms with Crippen LogP contribution in [0.2, 0.25) is 0 Å². The molecule has 0 aromatic heterocycles. The summed E-state index contributed by atoms with van der Waals surface area (Å²) in [6, 6.07) is 1.87. The van der Waals surface area contributed by atoms with E-state index in [1.54, 1.807) is 0 Å². The minimum atomic E-state index is 0.372. The molecule has 0 aliphatic carbocycles. The van der Waals surface area contributed by atoms with Crippen LogP contribution < -0.4 is 5.32 Å². The lowest BCUT2D eigenvalue weighted by Crippen LogP contribution is -2.52. The summed E-state index contributed by atoms with van der Waals surface area (Å²) in [6.45, 7) is 18.0. The van der Waals surface area contributed by atoms with Gasteiger partial charge in [-0.2, -0.15) is 0 Å². The predicted molar refractivity (Wildman–Crippen MR) is 91.4 cm³/mol. The molecular formula is C17H37N3. The molecule has 0 spiro atoms. The number of rotatable bonds is 8. The lowest BCUT2D eigenvalue weighted by atomic mass is 10.1. The molecular weight excluding hydrogens is 246 g/mol. The van der Waals surface area contributed by atoms with Crippen LogP contribution in [0.25, 0.3) is 0 Å². The molecule has 0 amide bonds. The van der Waals surface area contributed by atoms with Gasteiger partial charge in [0.05, 0.1) is 6.04 Å². The molecule has 0 aromatic carbocycles. The Morgan fingerprint density at radius 1 is 0.850 bits per heavy atom. The van der Waals surface area contributed by atoms with E-state index < -0.39 is 0 Å². The van der Waals surface area contributed by atoms with Crippen molar-refractivity contribution in [2.75, 3.05) is 0 Å². The van der Waals surface area contributed by atoms with Crippen LogP contribution in [0.5, 0.6) is 0 Å². The smallest absolute Gasteiger partial charge is 0.194 e. The second kappa shape index (κ2) is 10.1. The Hall–Kier alpha value is -0.730. The van der Waals surface area contributed by atoms with Crippen molar-refractivity contribution in [3.05, 3.63) is 0 Å². The molecule has 0 saturated heterocycles. The van der Waals surface area contributed by atoms with Crippen molar-refractivity contribution < 1.29 is 0 Å². The van der Waals surface area contributed by atoms with Crippen LogP contribution in [0.3, 0.4) is 0 Å². The van der Waals surface area contributed by atoms with Gasteiger partial charge in [-0.3, -0.25) is 4.99 Å². The topological polar surface area (TPSA) is 27.6 Å². The Bertz CT molecular complexity index is 265. The summed E-state index contributed by atoms with van der Waals surface area (Å²) in [5.74, 6) is 1.09. The zero-order valence-corrected chi connectivity index (χ0v) is 15.0. The Kier molecular flexibility index (Phi) is 9.70. The molecule has 0 aromatic rings. The van der Waals surface area contributed by atoms with Gasteiger partial charge >= 0.3 is 0 Å². The lowest BCUT2D eigenvalue weighted by molar-refractivity contribution is 0.238. The van der Waals surface area contributed by atoms with Crippen molar-refractivity contribution in [1.82, 2.24) is 10.2 Å². The van der Waals surface area contributed by atoms with Gasteiger partial charge in [0.1, 0.15) is 0 Å². The van der Waals surface area contributed by atoms with Crippen LogP contribution in [0.4, 0.5) is 0 Å². The molecule has 1 N–H and O–H groups in total. The molecule has 0 aliphatic heterocycles. The first-order valence-corrected chi connectivity index (χ1v) is 8.53. The molecule has 0 saturated carbocycles. The van der Waals surface area contributed by atoms with Crippen molar-refractivity contribution in [1.29, 1.82) is 0 Å². The number of nitrogens with zero attached hydrogens (tertiary/aromatic N) is 2. The molecule has 0 heterocycles. The first-order valence-electron chi connectivity index (χ1n) is 8.53. The predicted octanol–water partition coefficient (Wildman–Crippen LogP) is 4.43. The van der Waals surface area contributed by atoms with Gasteiger partial charge in [0.15, 0.2) is 5.96 Å². The van der Waals surface area contributed by atoms with Crippen LogP contribution in [-0.4, -0.2) is 35.0 Å². The van der Waals surface area contributed by atoms with Gasteiger partial charge in [0.25, 0.3) is 0 Å². The Balaban J connectivity index is 5.33. The number of aliphatic imine (C=N–C) groups is 1. The lowest BCUT2D eigenvalue weighted by Gasteiger charge is -2.38. The number of guanidine groups is 1. The average molecular weight is 284 g/mol. The highest BCUT2D eigenvalue weighted by Crippen LogP contribution is 2.14. The van der Waals surface area contributed by atoms with Gasteiger partial charge in [-0.1, -0.05) is 27.7 Å². The van der Waals surface area contributed by atoms with Crippen LogP contribution in [0.1, 0.15) is 81.1 Å². The van der Waals surface area contributed by atoms with E-state index >= 15 is 0 Å². The molecule has 3 nitrogen and oxygen atoms in total. The summed E-state index contributed by atoms with van der Waals surface area (Å²) in [6.07, 6.45) is 4.49. The van der Waals surface area contributed by atoms with Crippen molar-refractivity contribution in [2.45, 2.75) is 105 Å². The summed E-state index contributed by atoms with van der Waals surface area (Å²) in [5, 5.41) is 3.64. The molecule has 4 unspecified atom stereocenters. The van der Waals surface area contributed by atoms with Crippen molar-refractivity contribution >= 4 is 5.96 Å². The Morgan fingerprint density at radius 3 is 1.70 bits per heavy atom. The quantitative estimate of drug-likeness (QED) is 0.527. The second-order valence-electron chi connectivity index (χ2n) is 6.09. The van der Waals surface area contributed by atoms with E-state index in [0.717, 1.165) is 31.6 Å². The fourth-order valence-corrected chi connectivity index (χ4v) is 2.05. The van der Waals surface area contributed by atoms with Gasteiger partial charge in [-0.05, 0) is 53.4 Å². The molecule has 3 heteroatoms. The van der Waals surface area contributed by atoms with Crippen LogP contribution in [0.15, 0.2) is 4.99 Å². The summed E-state index contributed by atoms with van der Waals surface area (Å²) in [7, 11) is 0. The Labute approximate surface area is 127 Å². The van der Waals surface area contributed by atoms with Crippen LogP contribution >= 0.6 is 0 Å². The second-order valence-corrected chi connectivity index (χ2v) is 6.09. The third-order valence-electron chi connectivity index (χ3n) is 4.30. The maximum atomic E-state index is 4.95. The minimum absolute atomic E-state index is 0.372. The molecule has 0 fully saturated rings. The maximum absolute atomic E-state index is 4.95. The van der Waals surface area contributed by atoms with E-state index in [9.17, 15) is 0 Å². The standard InChI is InChI=1S/C17H37N3/c1-9-13(5)18-17(19-14(6)10-2)20(15(7)11-3)16(8)12-4/h13-16H,9-12H2,1-8H3,(H,18,19). The number of nitrogens with one attached hydrogen (secondary N) is 1. The number of hydrogen-bond donors (Lipinski definition) is 1. The van der Waals surface area contributed by atoms with E-state index in [1.165, 1.54) is 0 Å². The third kappa shape index (κ3) is 6.15. The van der Waals surface area contributed by atoms with Crippen molar-refractivity contribution in [2.24, 2.45) is 4.99 Å². The SMILES string of the molecule is CCC(C)N=C(NC(C)CC)N(C(C)CC)C(C)CC. The first kappa shape index (κ1) is 19.3. The van der Waals surface area contributed by atoms with E-state index in [-0.39, 0.29) is 0 Å². The zero-order valence-electron chi connectivity index (χ0n) is 15.0. The first-order chi connectivity index (χ1) is 9.40. The highest BCUT2D eigenvalue weighted by molar-refractivity contribution is 5.81. The fraction of sp³-hybridized carbons (Fsp3) is 0.941. The molecule has 0 aliphatic rings. The largest absolute Gasteiger partial charge is 0.354 e. The van der Waals surface area contributed by atoms with Crippen LogP contribution in [0, 0.1) is 0 Å². The highest BCUT2D eigenvalue weighted by Gasteiger charge is 2.23. The molecule has 20 heavy (non-hydrogen) atoms. The molecule has 0 rings (SSSR count). The molecule has 4 atom stereocenters. The van der Waals surface area contributed by atoms with E-state index in [4.69, 9.17) is 4.99 Å². The average Bonchev–Trinajstić information content (AvgIpc) is 2.46. The zero-order chi connectivity index (χ0) is 15.7. The highest BCUT2D eigenvalue weighted by atomic mass is 15.3. The third-order valence-corrected chi connectivity index (χ3v) is 4.30. The van der Waals surface area contributed by atoms with Gasteiger partial charge < -0.3 is 10.2 Å². The summed E-state index contributed by atoms with van der Waals surface area (Å²) in [5.41, 5.74) is 0. The summed E-state index contributed by atoms with van der Waals surface area (Å²) in [4.78, 5) is 7.44. The van der Waals surface area contributed by atoms with Gasteiger partial charge in [0, 0.05) is 18.1 Å². The van der Waals surface area contributed by atoms with Gasteiger partial charge in [-0.25, -0.2) is 0 Å². The fourth-order valence-electron chi connectivity index (χ4n) is 2.05. The number of hydrogen-bond acceptors (Lipinski definition) is 1. The molecule has 0 bridgehead atoms. The van der Waals surface area contributed by atoms with Crippen LogP contribution in [-0.2, 0) is 0 Å². The van der Waals surface area contributed by atoms with E-state index in [1.807, 2.05) is 0 Å². The molecule has 120 valence electrons. The summed E-state index contributed by atoms with van der Waals surface area (Å²) >= 11 is 0.